The summed E-state index contributed by atoms with van der Waals surface area (Å²) in [7, 11) is 0. The minimum absolute atomic E-state index is 0.239. The van der Waals surface area contributed by atoms with E-state index in [9.17, 15) is 9.59 Å². The molecular weight excluding hydrogens is 256 g/mol. The maximum Gasteiger partial charge on any atom is 0.321 e. The molecule has 2 aliphatic rings. The second-order valence-corrected chi connectivity index (χ2v) is 5.43. The van der Waals surface area contributed by atoms with Gasteiger partial charge in [0.05, 0.1) is 6.54 Å². The Hall–Kier alpha value is -1.40. The molecule has 0 saturated carbocycles. The van der Waals surface area contributed by atoms with E-state index in [1.807, 2.05) is 0 Å². The summed E-state index contributed by atoms with van der Waals surface area (Å²) in [4.78, 5) is 25.5. The van der Waals surface area contributed by atoms with Crippen LogP contribution in [0.3, 0.4) is 0 Å². The van der Waals surface area contributed by atoms with E-state index in [1.165, 1.54) is 12.8 Å². The monoisotopic (exact) mass is 280 g/mol. The van der Waals surface area contributed by atoms with Gasteiger partial charge >= 0.3 is 6.03 Å². The van der Waals surface area contributed by atoms with Crippen LogP contribution in [0.2, 0.25) is 0 Å². The van der Waals surface area contributed by atoms with Crippen molar-refractivity contribution in [2.24, 2.45) is 0 Å². The van der Waals surface area contributed by atoms with Crippen LogP contribution < -0.4 is 16.0 Å². The number of imide groups is 1. The number of likely N-dealkylation sites (tertiary alicyclic amines) is 1. The summed E-state index contributed by atoms with van der Waals surface area (Å²) < 4.78 is 0. The van der Waals surface area contributed by atoms with Crippen LogP contribution in [0.1, 0.15) is 25.7 Å². The zero-order valence-corrected chi connectivity index (χ0v) is 11.9. The van der Waals surface area contributed by atoms with Gasteiger partial charge in [0.25, 0.3) is 0 Å². The molecule has 2 unspecified atom stereocenters. The van der Waals surface area contributed by atoms with Crippen molar-refractivity contribution in [3.8, 4) is 0 Å². The van der Waals surface area contributed by atoms with Gasteiger partial charge in [0.1, 0.15) is 0 Å². The van der Waals surface area contributed by atoms with E-state index in [1.54, 1.807) is 6.08 Å². The van der Waals surface area contributed by atoms with Crippen LogP contribution in [-0.2, 0) is 4.79 Å². The van der Waals surface area contributed by atoms with Gasteiger partial charge in [0.2, 0.25) is 5.91 Å². The second-order valence-electron chi connectivity index (χ2n) is 5.43. The standard InChI is InChI=1S/C14H24N4O2/c1-2-7-16-14(20)17-13(19)10-18-9-4-6-12(18)11-5-3-8-15-11/h2,11-12,15H,1,3-10H2,(H2,16,17,19,20). The van der Waals surface area contributed by atoms with Gasteiger partial charge in [-0.15, -0.1) is 6.58 Å². The summed E-state index contributed by atoms with van der Waals surface area (Å²) in [6.45, 7) is 6.17. The number of hydrogen-bond acceptors (Lipinski definition) is 4. The molecule has 2 rings (SSSR count). The van der Waals surface area contributed by atoms with Gasteiger partial charge in [0, 0.05) is 18.6 Å². The smallest absolute Gasteiger partial charge is 0.321 e. The van der Waals surface area contributed by atoms with Crippen LogP contribution in [0, 0.1) is 0 Å². The van der Waals surface area contributed by atoms with Crippen LogP contribution in [0.4, 0.5) is 4.79 Å². The van der Waals surface area contributed by atoms with Gasteiger partial charge in [-0.05, 0) is 38.8 Å². The predicted octanol–water partition coefficient (Wildman–Crippen LogP) is 0.215. The van der Waals surface area contributed by atoms with Crippen LogP contribution in [0.25, 0.3) is 0 Å². The normalized spacial score (nSPS) is 26.4. The van der Waals surface area contributed by atoms with Crippen molar-refractivity contribution in [3.05, 3.63) is 12.7 Å². The van der Waals surface area contributed by atoms with Crippen LogP contribution >= 0.6 is 0 Å². The lowest BCUT2D eigenvalue weighted by Gasteiger charge is -2.28. The summed E-state index contributed by atoms with van der Waals surface area (Å²) in [6.07, 6.45) is 6.23. The first-order valence-corrected chi connectivity index (χ1v) is 7.36. The Labute approximate surface area is 120 Å². The Morgan fingerprint density at radius 3 is 2.90 bits per heavy atom. The zero-order chi connectivity index (χ0) is 14.4. The Bertz CT molecular complexity index is 366. The Balaban J connectivity index is 1.77. The van der Waals surface area contributed by atoms with E-state index >= 15 is 0 Å². The first-order valence-electron chi connectivity index (χ1n) is 7.36. The van der Waals surface area contributed by atoms with E-state index in [0.29, 0.717) is 25.2 Å². The molecule has 0 aliphatic carbocycles. The third-order valence-electron chi connectivity index (χ3n) is 3.98. The average Bonchev–Trinajstić information content (AvgIpc) is 3.06. The third kappa shape index (κ3) is 4.05. The fourth-order valence-electron chi connectivity index (χ4n) is 3.10. The van der Waals surface area contributed by atoms with E-state index < -0.39 is 6.03 Å². The highest BCUT2D eigenvalue weighted by atomic mass is 16.2. The molecule has 112 valence electrons. The summed E-state index contributed by atoms with van der Waals surface area (Å²) in [5, 5.41) is 8.40. The van der Waals surface area contributed by atoms with E-state index in [0.717, 1.165) is 25.9 Å². The Kier molecular flexibility index (Phi) is 5.55. The second kappa shape index (κ2) is 7.40. The van der Waals surface area contributed by atoms with Crippen molar-refractivity contribution < 1.29 is 9.59 Å². The van der Waals surface area contributed by atoms with Crippen molar-refractivity contribution in [2.45, 2.75) is 37.8 Å². The molecule has 3 amide bonds. The fraction of sp³-hybridized carbons (Fsp3) is 0.714. The largest absolute Gasteiger partial charge is 0.334 e. The van der Waals surface area contributed by atoms with Crippen LogP contribution in [0.15, 0.2) is 12.7 Å². The minimum Gasteiger partial charge on any atom is -0.334 e. The highest BCUT2D eigenvalue weighted by Crippen LogP contribution is 2.24. The molecule has 0 aromatic rings. The van der Waals surface area contributed by atoms with Crippen molar-refractivity contribution in [2.75, 3.05) is 26.2 Å². The molecule has 0 bridgehead atoms. The number of urea groups is 1. The molecule has 2 atom stereocenters. The summed E-state index contributed by atoms with van der Waals surface area (Å²) in [5.74, 6) is -0.239. The topological polar surface area (TPSA) is 73.5 Å². The average molecular weight is 280 g/mol. The van der Waals surface area contributed by atoms with Crippen molar-refractivity contribution in [1.82, 2.24) is 20.9 Å². The van der Waals surface area contributed by atoms with Gasteiger partial charge in [0.15, 0.2) is 0 Å². The molecule has 3 N–H and O–H groups in total. The number of amides is 3. The number of carbonyl (C=O) groups excluding carboxylic acids is 2. The maximum absolute atomic E-state index is 11.9. The van der Waals surface area contributed by atoms with Crippen LogP contribution in [0.5, 0.6) is 0 Å². The van der Waals surface area contributed by atoms with Gasteiger partial charge in [-0.3, -0.25) is 15.0 Å². The number of rotatable bonds is 5. The zero-order valence-electron chi connectivity index (χ0n) is 11.9. The fourth-order valence-corrected chi connectivity index (χ4v) is 3.10. The number of nitrogens with one attached hydrogen (secondary N) is 3. The van der Waals surface area contributed by atoms with Crippen molar-refractivity contribution in [1.29, 1.82) is 0 Å². The molecular formula is C14H24N4O2. The van der Waals surface area contributed by atoms with E-state index in [4.69, 9.17) is 0 Å². The highest BCUT2D eigenvalue weighted by molar-refractivity contribution is 5.95. The molecule has 0 spiro atoms. The van der Waals surface area contributed by atoms with Gasteiger partial charge in [-0.2, -0.15) is 0 Å². The molecule has 6 nitrogen and oxygen atoms in total. The molecule has 2 fully saturated rings. The lowest BCUT2D eigenvalue weighted by molar-refractivity contribution is -0.121. The molecule has 2 saturated heterocycles. The van der Waals surface area contributed by atoms with Gasteiger partial charge in [-0.1, -0.05) is 6.08 Å². The highest BCUT2D eigenvalue weighted by Gasteiger charge is 2.34. The molecule has 20 heavy (non-hydrogen) atoms. The molecule has 2 heterocycles. The van der Waals surface area contributed by atoms with Crippen molar-refractivity contribution in [3.63, 3.8) is 0 Å². The van der Waals surface area contributed by atoms with Crippen molar-refractivity contribution >= 4 is 11.9 Å². The SMILES string of the molecule is C=CCNC(=O)NC(=O)CN1CCCC1C1CCCN1. The molecule has 0 radical (unpaired) electrons. The first kappa shape index (κ1) is 15.0. The predicted molar refractivity (Wildman–Crippen MR) is 77.4 cm³/mol. The number of nitrogens with zero attached hydrogens (tertiary/aromatic N) is 1. The summed E-state index contributed by atoms with van der Waals surface area (Å²) in [5.41, 5.74) is 0. The van der Waals surface area contributed by atoms with Crippen LogP contribution in [-0.4, -0.2) is 55.1 Å². The Morgan fingerprint density at radius 1 is 1.35 bits per heavy atom. The molecule has 0 aromatic carbocycles. The lowest BCUT2D eigenvalue weighted by atomic mass is 10.0. The first-order chi connectivity index (χ1) is 9.70. The minimum atomic E-state index is -0.454. The quantitative estimate of drug-likeness (QED) is 0.630. The maximum atomic E-state index is 11.9. The number of hydrogen-bond donors (Lipinski definition) is 3. The summed E-state index contributed by atoms with van der Waals surface area (Å²) in [6, 6.07) is 0.476. The van der Waals surface area contributed by atoms with Gasteiger partial charge < -0.3 is 10.6 Å². The lowest BCUT2D eigenvalue weighted by Crippen LogP contribution is -2.49. The van der Waals surface area contributed by atoms with E-state index in [2.05, 4.69) is 27.4 Å². The molecule has 0 aromatic heterocycles. The third-order valence-corrected chi connectivity index (χ3v) is 3.98. The van der Waals surface area contributed by atoms with E-state index in [-0.39, 0.29) is 5.91 Å². The molecule has 6 heteroatoms. The molecule has 2 aliphatic heterocycles. The van der Waals surface area contributed by atoms with Gasteiger partial charge in [-0.25, -0.2) is 4.79 Å². The summed E-state index contributed by atoms with van der Waals surface area (Å²) >= 11 is 0. The number of carbonyl (C=O) groups is 2. The Morgan fingerprint density at radius 2 is 2.20 bits per heavy atom.